The molecule has 3 nitrogen and oxygen atoms in total. The first-order valence-corrected chi connectivity index (χ1v) is 6.32. The number of hydrogen-bond acceptors (Lipinski definition) is 3. The van der Waals surface area contributed by atoms with Crippen LogP contribution in [-0.4, -0.2) is 50.7 Å². The average Bonchev–Trinajstić information content (AvgIpc) is 2.83. The van der Waals surface area contributed by atoms with Gasteiger partial charge >= 0.3 is 0 Å². The van der Waals surface area contributed by atoms with E-state index in [0.717, 1.165) is 25.6 Å². The summed E-state index contributed by atoms with van der Waals surface area (Å²) < 4.78 is 0. The van der Waals surface area contributed by atoms with Crippen LogP contribution in [-0.2, 0) is 0 Å². The van der Waals surface area contributed by atoms with Gasteiger partial charge in [-0.1, -0.05) is 13.8 Å². The van der Waals surface area contributed by atoms with Crippen molar-refractivity contribution in [2.24, 2.45) is 11.3 Å². The van der Waals surface area contributed by atoms with E-state index in [-0.39, 0.29) is 0 Å². The Bertz CT molecular complexity index is 197. The fraction of sp³-hybridized carbons (Fsp3) is 1.00. The Kier molecular flexibility index (Phi) is 3.65. The number of rotatable bonds is 5. The molecule has 3 heteroatoms. The summed E-state index contributed by atoms with van der Waals surface area (Å²) in [5.41, 5.74) is 0.627. The molecule has 0 bridgehead atoms. The van der Waals surface area contributed by atoms with Crippen molar-refractivity contribution in [3.05, 3.63) is 0 Å². The monoisotopic (exact) mass is 211 g/mol. The van der Waals surface area contributed by atoms with Crippen molar-refractivity contribution < 1.29 is 0 Å². The van der Waals surface area contributed by atoms with E-state index in [0.29, 0.717) is 5.41 Å². The van der Waals surface area contributed by atoms with E-state index in [9.17, 15) is 0 Å². The summed E-state index contributed by atoms with van der Waals surface area (Å²) in [6.07, 6.45) is 1.41. The van der Waals surface area contributed by atoms with Gasteiger partial charge in [-0.25, -0.2) is 0 Å². The largest absolute Gasteiger partial charge is 0.315 e. The summed E-state index contributed by atoms with van der Waals surface area (Å²) >= 11 is 0. The molecule has 0 aromatic carbocycles. The maximum Gasteiger partial charge on any atom is 0.0108 e. The Morgan fingerprint density at radius 2 is 2.00 bits per heavy atom. The summed E-state index contributed by atoms with van der Waals surface area (Å²) in [4.78, 5) is 2.54. The van der Waals surface area contributed by atoms with Crippen molar-refractivity contribution in [1.29, 1.82) is 0 Å². The van der Waals surface area contributed by atoms with Gasteiger partial charge in [-0.05, 0) is 24.3 Å². The highest BCUT2D eigenvalue weighted by Crippen LogP contribution is 2.50. The van der Waals surface area contributed by atoms with Gasteiger partial charge in [0.1, 0.15) is 0 Å². The second kappa shape index (κ2) is 4.81. The Hall–Kier alpha value is -0.120. The summed E-state index contributed by atoms with van der Waals surface area (Å²) in [6, 6.07) is 0. The van der Waals surface area contributed by atoms with Crippen LogP contribution in [0.3, 0.4) is 0 Å². The Morgan fingerprint density at radius 3 is 2.60 bits per heavy atom. The van der Waals surface area contributed by atoms with E-state index in [4.69, 9.17) is 0 Å². The summed E-state index contributed by atoms with van der Waals surface area (Å²) in [5, 5.41) is 6.97. The lowest BCUT2D eigenvalue weighted by molar-refractivity contribution is 0.240. The maximum atomic E-state index is 3.59. The predicted molar refractivity (Wildman–Crippen MR) is 64.1 cm³/mol. The minimum atomic E-state index is 0.627. The maximum absolute atomic E-state index is 3.59. The quantitative estimate of drug-likeness (QED) is 0.650. The first-order valence-electron chi connectivity index (χ1n) is 6.32. The normalized spacial score (nSPS) is 30.4. The molecule has 2 N–H and O–H groups in total. The Balaban J connectivity index is 1.48. The zero-order valence-corrected chi connectivity index (χ0v) is 10.2. The van der Waals surface area contributed by atoms with E-state index in [1.54, 1.807) is 0 Å². The van der Waals surface area contributed by atoms with E-state index in [1.165, 1.54) is 32.6 Å². The molecular formula is C12H25N3. The van der Waals surface area contributed by atoms with Gasteiger partial charge in [0.15, 0.2) is 0 Å². The Labute approximate surface area is 93.6 Å². The van der Waals surface area contributed by atoms with E-state index >= 15 is 0 Å². The van der Waals surface area contributed by atoms with Crippen LogP contribution in [0.5, 0.6) is 0 Å². The molecule has 1 atom stereocenters. The predicted octanol–water partition coefficient (Wildman–Crippen LogP) is 0.527. The van der Waals surface area contributed by atoms with Crippen LogP contribution < -0.4 is 10.6 Å². The van der Waals surface area contributed by atoms with Crippen molar-refractivity contribution in [3.8, 4) is 0 Å². The van der Waals surface area contributed by atoms with Gasteiger partial charge in [0.25, 0.3) is 0 Å². The molecular weight excluding hydrogens is 186 g/mol. The highest BCUT2D eigenvalue weighted by molar-refractivity contribution is 4.96. The second-order valence-corrected chi connectivity index (χ2v) is 5.69. The molecule has 0 radical (unpaired) electrons. The third kappa shape index (κ3) is 3.44. The summed E-state index contributed by atoms with van der Waals surface area (Å²) in [5.74, 6) is 0.931. The molecule has 0 amide bonds. The molecule has 2 rings (SSSR count). The highest BCUT2D eigenvalue weighted by atomic mass is 15.2. The SMILES string of the molecule is CC1(C)CC1CNCCN1CCNCC1. The number of hydrogen-bond donors (Lipinski definition) is 2. The fourth-order valence-corrected chi connectivity index (χ4v) is 2.37. The third-order valence-corrected chi connectivity index (χ3v) is 3.92. The molecule has 0 aromatic heterocycles. The van der Waals surface area contributed by atoms with Crippen molar-refractivity contribution in [2.45, 2.75) is 20.3 Å². The highest BCUT2D eigenvalue weighted by Gasteiger charge is 2.44. The lowest BCUT2D eigenvalue weighted by Gasteiger charge is -2.27. The van der Waals surface area contributed by atoms with Crippen LogP contribution in [0.15, 0.2) is 0 Å². The second-order valence-electron chi connectivity index (χ2n) is 5.69. The van der Waals surface area contributed by atoms with Crippen molar-refractivity contribution in [3.63, 3.8) is 0 Å². The number of piperazine rings is 1. The van der Waals surface area contributed by atoms with Gasteiger partial charge < -0.3 is 10.6 Å². The molecule has 2 aliphatic rings. The number of nitrogens with one attached hydrogen (secondary N) is 2. The van der Waals surface area contributed by atoms with Crippen molar-refractivity contribution in [1.82, 2.24) is 15.5 Å². The molecule has 1 aliphatic carbocycles. The summed E-state index contributed by atoms with van der Waals surface area (Å²) in [7, 11) is 0. The molecule has 2 fully saturated rings. The van der Waals surface area contributed by atoms with Gasteiger partial charge in [0, 0.05) is 39.3 Å². The minimum Gasteiger partial charge on any atom is -0.315 e. The zero-order chi connectivity index (χ0) is 10.7. The van der Waals surface area contributed by atoms with Crippen LogP contribution in [0, 0.1) is 11.3 Å². The zero-order valence-electron chi connectivity index (χ0n) is 10.2. The van der Waals surface area contributed by atoms with Crippen LogP contribution in [0.2, 0.25) is 0 Å². The smallest absolute Gasteiger partial charge is 0.0108 e. The third-order valence-electron chi connectivity index (χ3n) is 3.92. The Morgan fingerprint density at radius 1 is 1.33 bits per heavy atom. The first-order chi connectivity index (χ1) is 7.18. The molecule has 15 heavy (non-hydrogen) atoms. The van der Waals surface area contributed by atoms with E-state index in [2.05, 4.69) is 29.4 Å². The van der Waals surface area contributed by atoms with E-state index < -0.39 is 0 Å². The molecule has 1 heterocycles. The summed E-state index contributed by atoms with van der Waals surface area (Å²) in [6.45, 7) is 13.1. The van der Waals surface area contributed by atoms with Crippen LogP contribution in [0.1, 0.15) is 20.3 Å². The molecule has 1 saturated carbocycles. The van der Waals surface area contributed by atoms with Crippen LogP contribution >= 0.6 is 0 Å². The molecule has 1 unspecified atom stereocenters. The molecule has 0 aromatic rings. The van der Waals surface area contributed by atoms with Crippen LogP contribution in [0.25, 0.3) is 0 Å². The van der Waals surface area contributed by atoms with Gasteiger partial charge in [-0.2, -0.15) is 0 Å². The average molecular weight is 211 g/mol. The van der Waals surface area contributed by atoms with Gasteiger partial charge in [-0.15, -0.1) is 0 Å². The first kappa shape index (κ1) is 11.4. The van der Waals surface area contributed by atoms with Crippen molar-refractivity contribution in [2.75, 3.05) is 45.8 Å². The topological polar surface area (TPSA) is 27.3 Å². The minimum absolute atomic E-state index is 0.627. The van der Waals surface area contributed by atoms with Gasteiger partial charge in [-0.3, -0.25) is 4.90 Å². The molecule has 88 valence electrons. The molecule has 0 spiro atoms. The molecule has 1 saturated heterocycles. The van der Waals surface area contributed by atoms with E-state index in [1.807, 2.05) is 0 Å². The lowest BCUT2D eigenvalue weighted by atomic mass is 10.1. The molecule has 1 aliphatic heterocycles. The van der Waals surface area contributed by atoms with Crippen molar-refractivity contribution >= 4 is 0 Å². The lowest BCUT2D eigenvalue weighted by Crippen LogP contribution is -2.45. The fourth-order valence-electron chi connectivity index (χ4n) is 2.37. The number of nitrogens with zero attached hydrogens (tertiary/aromatic N) is 1. The standard InChI is InChI=1S/C12H25N3/c1-12(2)9-11(12)10-14-5-8-15-6-3-13-4-7-15/h11,13-14H,3-10H2,1-2H3. The van der Waals surface area contributed by atoms with Gasteiger partial charge in [0.05, 0.1) is 0 Å². The van der Waals surface area contributed by atoms with Gasteiger partial charge in [0.2, 0.25) is 0 Å². The van der Waals surface area contributed by atoms with Crippen LogP contribution in [0.4, 0.5) is 0 Å².